The molecular weight excluding hydrogens is 1500 g/mol. The highest BCUT2D eigenvalue weighted by molar-refractivity contribution is 5.73. The summed E-state index contributed by atoms with van der Waals surface area (Å²) in [6.45, 7) is 33.5. The molecule has 0 saturated heterocycles. The Morgan fingerprint density at radius 1 is 0.188 bits per heavy atom. The van der Waals surface area contributed by atoms with Gasteiger partial charge in [-0.2, -0.15) is 0 Å². The first-order chi connectivity index (χ1) is 56.3. The van der Waals surface area contributed by atoms with Crippen molar-refractivity contribution in [3.8, 4) is 0 Å². The van der Waals surface area contributed by atoms with Crippen molar-refractivity contribution in [2.75, 3.05) is 372 Å². The second-order valence-electron chi connectivity index (χ2n) is 30.5. The lowest BCUT2D eigenvalue weighted by molar-refractivity contribution is -0.149. The van der Waals surface area contributed by atoms with Crippen molar-refractivity contribution in [3.05, 3.63) is 0 Å². The molecular formula is C79H186N28O10. The second kappa shape index (κ2) is 96.1. The monoisotopic (exact) mass is 1690 g/mol. The summed E-state index contributed by atoms with van der Waals surface area (Å²) in [6, 6.07) is 0. The molecule has 702 valence electrons. The van der Waals surface area contributed by atoms with E-state index < -0.39 is 0 Å². The van der Waals surface area contributed by atoms with E-state index in [4.69, 9.17) is 92.5 Å². The number of ether oxygens (including phenoxy) is 5. The molecule has 0 fully saturated rings. The van der Waals surface area contributed by atoms with Crippen LogP contribution in [0.4, 0.5) is 0 Å². The topological polar surface area (TPSA) is 531 Å². The van der Waals surface area contributed by atoms with Crippen LogP contribution in [-0.2, 0) is 47.7 Å². The summed E-state index contributed by atoms with van der Waals surface area (Å²) in [5, 5.41) is 13.5. The molecule has 0 amide bonds. The number of hydrogen-bond acceptors (Lipinski definition) is 38. The van der Waals surface area contributed by atoms with Crippen molar-refractivity contribution < 1.29 is 47.7 Å². The molecule has 0 heterocycles. The summed E-state index contributed by atoms with van der Waals surface area (Å²) in [4.78, 5) is 84.0. The molecule has 0 aliphatic rings. The lowest BCUT2D eigenvalue weighted by Crippen LogP contribution is -2.37. The maximum absolute atomic E-state index is 12.2. The summed E-state index contributed by atoms with van der Waals surface area (Å²) in [6.07, 6.45) is 17.5. The van der Waals surface area contributed by atoms with E-state index in [1.165, 1.54) is 0 Å². The van der Waals surface area contributed by atoms with Gasteiger partial charge in [-0.05, 0) is 422 Å². The van der Waals surface area contributed by atoms with Gasteiger partial charge in [0, 0.05) is 0 Å². The Kier molecular flexibility index (Phi) is 100.0. The molecule has 0 atom stereocenters. The van der Waals surface area contributed by atoms with Crippen LogP contribution in [0.25, 0.3) is 0 Å². The standard InChI is InChI=1S/C20H47N7O2.2C17H40N6O2.C14H33N5O2.C11H26N4O2/c1-25(2)19-29-20(28)18-27(15-6-12-24-11-3-8-21)17-7-16-26(13-4-9-22)14-5-10-23;1-21(2)16-25-17(24)15-23(12-5-9-20)14-6-13-22(10-3-7-18)11-4-8-19;1-22(2)16-25-17(24)15-23(13-5-11-20-9-3-7-18)14-6-12-21-10-4-8-19;1-18(2)13-21-14(20)12-19(10-4-7-16)11-5-9-17-8-3-6-15;1-14(2)10-17-11(16)9-15(7-3-5-12)8-4-6-13/h24H,3-19,21-23H2,1-2H3;3-16,18-20H2,1-2H3;20-21H,3-16,18-19H2,1-2H3;17H,3-13,15-16H2,1-2H3;3-10,12-13H2,1-2H3. The fourth-order valence-corrected chi connectivity index (χ4v) is 10.8. The highest BCUT2D eigenvalue weighted by atomic mass is 16.6. The zero-order valence-corrected chi connectivity index (χ0v) is 76.1. The van der Waals surface area contributed by atoms with E-state index in [0.717, 1.165) is 273 Å². The normalized spacial score (nSPS) is 11.5. The van der Waals surface area contributed by atoms with Crippen molar-refractivity contribution in [3.63, 3.8) is 0 Å². The first-order valence-electron chi connectivity index (χ1n) is 43.7. The van der Waals surface area contributed by atoms with Crippen LogP contribution in [0.1, 0.15) is 116 Å². The Bertz CT molecular complexity index is 2020. The molecule has 38 nitrogen and oxygen atoms in total. The van der Waals surface area contributed by atoms with Gasteiger partial charge in [-0.3, -0.25) is 73.0 Å². The van der Waals surface area contributed by atoms with Crippen LogP contribution in [0.2, 0.25) is 0 Å². The number of carbonyl (C=O) groups excluding carboxylic acids is 5. The van der Waals surface area contributed by atoms with Gasteiger partial charge in [0.05, 0.1) is 32.7 Å². The molecule has 0 aliphatic carbocycles. The molecule has 0 bridgehead atoms. The van der Waals surface area contributed by atoms with Crippen LogP contribution in [0.3, 0.4) is 0 Å². The van der Waals surface area contributed by atoms with Crippen LogP contribution in [0, 0.1) is 0 Å². The first kappa shape index (κ1) is 122. The fourth-order valence-electron chi connectivity index (χ4n) is 10.8. The van der Waals surface area contributed by atoms with E-state index in [-0.39, 0.29) is 29.8 Å². The average molecular weight is 1690 g/mol. The van der Waals surface area contributed by atoms with Gasteiger partial charge in [-0.1, -0.05) is 0 Å². The number of nitrogens with one attached hydrogen (secondary N) is 4. The van der Waals surface area contributed by atoms with Gasteiger partial charge in [0.2, 0.25) is 0 Å². The Morgan fingerprint density at radius 3 is 0.470 bits per heavy atom. The molecule has 38 heteroatoms. The van der Waals surface area contributed by atoms with Crippen LogP contribution >= 0.6 is 0 Å². The van der Waals surface area contributed by atoms with Gasteiger partial charge in [0.25, 0.3) is 0 Å². The smallest absolute Gasteiger partial charge is 0.321 e. The molecule has 0 radical (unpaired) electrons. The van der Waals surface area contributed by atoms with E-state index in [9.17, 15) is 24.0 Å². The van der Waals surface area contributed by atoms with Gasteiger partial charge in [-0.25, -0.2) is 0 Å². The van der Waals surface area contributed by atoms with Crippen molar-refractivity contribution in [2.45, 2.75) is 116 Å². The minimum Gasteiger partial charge on any atom is -0.449 e. The Hall–Kier alpha value is -3.77. The van der Waals surface area contributed by atoms with Gasteiger partial charge in [0.15, 0.2) is 0 Å². The lowest BCUT2D eigenvalue weighted by atomic mass is 10.2. The third-order valence-corrected chi connectivity index (χ3v) is 17.0. The first-order valence-corrected chi connectivity index (χ1v) is 43.7. The van der Waals surface area contributed by atoms with Crippen LogP contribution < -0.4 is 90.1 Å². The van der Waals surface area contributed by atoms with Gasteiger partial charge < -0.3 is 124 Å². The van der Waals surface area contributed by atoms with Crippen molar-refractivity contribution in [1.29, 1.82) is 0 Å². The minimum atomic E-state index is -0.201. The van der Waals surface area contributed by atoms with Crippen molar-refractivity contribution >= 4 is 29.8 Å². The summed E-state index contributed by atoms with van der Waals surface area (Å²) in [5.74, 6) is -0.905. The molecule has 0 aliphatic heterocycles. The van der Waals surface area contributed by atoms with Crippen LogP contribution in [-0.4, -0.2) is 461 Å². The second-order valence-corrected chi connectivity index (χ2v) is 30.5. The molecule has 0 aromatic heterocycles. The zero-order valence-electron chi connectivity index (χ0n) is 76.1. The van der Waals surface area contributed by atoms with E-state index in [2.05, 4.69) is 50.7 Å². The molecule has 28 N–H and O–H groups in total. The highest BCUT2D eigenvalue weighted by Crippen LogP contribution is 2.05. The predicted molar refractivity (Wildman–Crippen MR) is 482 cm³/mol. The van der Waals surface area contributed by atoms with Crippen molar-refractivity contribution in [1.82, 2.24) is 80.1 Å². The summed E-state index contributed by atoms with van der Waals surface area (Å²) in [5.41, 5.74) is 66.5. The minimum absolute atomic E-state index is 0.166. The third-order valence-electron chi connectivity index (χ3n) is 17.0. The number of hydrogen-bond donors (Lipinski definition) is 16. The summed E-state index contributed by atoms with van der Waals surface area (Å²) in [7, 11) is 18.7. The third kappa shape index (κ3) is 99.2. The molecule has 0 aromatic rings. The number of nitrogens with two attached hydrogens (primary N) is 12. The molecule has 0 unspecified atom stereocenters. The fraction of sp³-hybridized carbons (Fsp3) is 0.937. The summed E-state index contributed by atoms with van der Waals surface area (Å²) < 4.78 is 26.0. The van der Waals surface area contributed by atoms with E-state index in [1.54, 1.807) is 0 Å². The summed E-state index contributed by atoms with van der Waals surface area (Å²) >= 11 is 0. The molecule has 117 heavy (non-hydrogen) atoms. The van der Waals surface area contributed by atoms with Crippen LogP contribution in [0.5, 0.6) is 0 Å². The largest absolute Gasteiger partial charge is 0.449 e. The van der Waals surface area contributed by atoms with Crippen molar-refractivity contribution in [2.24, 2.45) is 68.8 Å². The average Bonchev–Trinajstić information content (AvgIpc) is 0.972. The molecule has 0 aromatic carbocycles. The van der Waals surface area contributed by atoms with Gasteiger partial charge >= 0.3 is 29.8 Å². The Labute approximate surface area is 711 Å². The molecule has 0 rings (SSSR count). The number of carbonyl (C=O) groups is 5. The number of rotatable bonds is 80. The Balaban J connectivity index is -0.000000451. The maximum Gasteiger partial charge on any atom is 0.321 e. The van der Waals surface area contributed by atoms with Crippen LogP contribution in [0.15, 0.2) is 0 Å². The maximum atomic E-state index is 12.2. The number of esters is 5. The van der Waals surface area contributed by atoms with E-state index >= 15 is 0 Å². The lowest BCUT2D eigenvalue weighted by Gasteiger charge is -2.25. The van der Waals surface area contributed by atoms with Gasteiger partial charge in [0.1, 0.15) is 33.7 Å². The highest BCUT2D eigenvalue weighted by Gasteiger charge is 2.18. The predicted octanol–water partition coefficient (Wildman–Crippen LogP) is -4.76. The molecule has 0 saturated carbocycles. The zero-order chi connectivity index (χ0) is 88.4. The SMILES string of the molecule is CN(C)COC(=O)CN(CCCN)CCCN.CN(C)COC(=O)CN(CCCN)CCCN(CCCN)CCCN.CN(C)COC(=O)CN(CCCN)CCCNCCCN.CN(C)COC(=O)CN(CCCNCCCN)CCCN(CCCN)CCCN.CN(C)COC(=O)CN(CCCNCCCN)CCCNCCCN. The Morgan fingerprint density at radius 2 is 0.316 bits per heavy atom. The quantitative estimate of drug-likeness (QED) is 0.0118. The molecule has 0 spiro atoms. The van der Waals surface area contributed by atoms with E-state index in [0.29, 0.717) is 145 Å². The van der Waals surface area contributed by atoms with Gasteiger partial charge in [-0.15, -0.1) is 0 Å². The van der Waals surface area contributed by atoms with E-state index in [1.807, 2.05) is 99.9 Å². The number of nitrogens with zero attached hydrogens (tertiary/aromatic N) is 12.